The molecule has 1 atom stereocenters. The third-order valence-electron chi connectivity index (χ3n) is 3.73. The molecule has 0 aromatic heterocycles. The summed E-state index contributed by atoms with van der Waals surface area (Å²) in [7, 11) is 0. The van der Waals surface area contributed by atoms with Crippen LogP contribution in [0.4, 0.5) is 0 Å². The van der Waals surface area contributed by atoms with Gasteiger partial charge in [0, 0.05) is 18.2 Å². The van der Waals surface area contributed by atoms with Gasteiger partial charge in [0.25, 0.3) is 0 Å². The first kappa shape index (κ1) is 14.6. The average molecular weight is 269 g/mol. The van der Waals surface area contributed by atoms with Crippen molar-refractivity contribution < 1.29 is 5.11 Å². The minimum Gasteiger partial charge on any atom is -0.508 e. The van der Waals surface area contributed by atoms with Crippen LogP contribution in [-0.4, -0.2) is 5.11 Å². The fraction of sp³-hybridized carbons (Fsp3) is 0.333. The predicted molar refractivity (Wildman–Crippen MR) is 84.0 cm³/mol. The Morgan fingerprint density at radius 1 is 1.00 bits per heavy atom. The summed E-state index contributed by atoms with van der Waals surface area (Å²) in [5.74, 6) is 0.357. The standard InChI is InChI=1S/C18H23NO/c1-12-5-7-17(14(3)9-12)15(4)19-11-16-10-13(2)6-8-18(16)20/h5-10,15,19-20H,11H2,1-4H3. The van der Waals surface area contributed by atoms with Gasteiger partial charge in [-0.2, -0.15) is 0 Å². The molecular weight excluding hydrogens is 246 g/mol. The zero-order valence-corrected chi connectivity index (χ0v) is 12.7. The molecule has 2 nitrogen and oxygen atoms in total. The molecule has 2 aromatic rings. The highest BCUT2D eigenvalue weighted by Gasteiger charge is 2.09. The lowest BCUT2D eigenvalue weighted by Gasteiger charge is -2.18. The van der Waals surface area contributed by atoms with Gasteiger partial charge in [0.05, 0.1) is 0 Å². The lowest BCUT2D eigenvalue weighted by atomic mass is 10.00. The van der Waals surface area contributed by atoms with Gasteiger partial charge in [-0.3, -0.25) is 0 Å². The van der Waals surface area contributed by atoms with Gasteiger partial charge in [-0.15, -0.1) is 0 Å². The van der Waals surface area contributed by atoms with E-state index in [4.69, 9.17) is 0 Å². The van der Waals surface area contributed by atoms with Gasteiger partial charge in [-0.1, -0.05) is 41.5 Å². The van der Waals surface area contributed by atoms with Gasteiger partial charge in [-0.25, -0.2) is 0 Å². The van der Waals surface area contributed by atoms with Crippen LogP contribution < -0.4 is 5.32 Å². The summed E-state index contributed by atoms with van der Waals surface area (Å²) in [4.78, 5) is 0. The van der Waals surface area contributed by atoms with Gasteiger partial charge in [0.15, 0.2) is 0 Å². The molecule has 1 unspecified atom stereocenters. The van der Waals surface area contributed by atoms with Crippen LogP contribution in [0.15, 0.2) is 36.4 Å². The molecule has 0 bridgehead atoms. The van der Waals surface area contributed by atoms with Crippen molar-refractivity contribution in [1.82, 2.24) is 5.32 Å². The highest BCUT2D eigenvalue weighted by atomic mass is 16.3. The fourth-order valence-electron chi connectivity index (χ4n) is 2.54. The molecule has 0 saturated heterocycles. The molecule has 0 aliphatic rings. The van der Waals surface area contributed by atoms with Crippen molar-refractivity contribution >= 4 is 0 Å². The lowest BCUT2D eigenvalue weighted by Crippen LogP contribution is -2.19. The third-order valence-corrected chi connectivity index (χ3v) is 3.73. The Hall–Kier alpha value is -1.80. The van der Waals surface area contributed by atoms with E-state index in [0.717, 1.165) is 5.56 Å². The second-order valence-corrected chi connectivity index (χ2v) is 5.59. The molecule has 0 saturated carbocycles. The van der Waals surface area contributed by atoms with E-state index in [1.807, 2.05) is 19.1 Å². The van der Waals surface area contributed by atoms with Crippen LogP contribution in [0.2, 0.25) is 0 Å². The van der Waals surface area contributed by atoms with Crippen LogP contribution in [0.5, 0.6) is 5.75 Å². The van der Waals surface area contributed by atoms with E-state index >= 15 is 0 Å². The molecule has 0 radical (unpaired) electrons. The number of phenolic OH excluding ortho intramolecular Hbond substituents is 1. The molecule has 2 rings (SSSR count). The summed E-state index contributed by atoms with van der Waals surface area (Å²) in [5.41, 5.74) is 6.01. The fourth-order valence-corrected chi connectivity index (χ4v) is 2.54. The van der Waals surface area contributed by atoms with E-state index in [-0.39, 0.29) is 6.04 Å². The van der Waals surface area contributed by atoms with Gasteiger partial charge in [0.1, 0.15) is 5.75 Å². The molecule has 0 amide bonds. The average Bonchev–Trinajstić information content (AvgIpc) is 2.39. The number of hydrogen-bond acceptors (Lipinski definition) is 2. The van der Waals surface area contributed by atoms with E-state index in [2.05, 4.69) is 44.3 Å². The number of nitrogens with one attached hydrogen (secondary N) is 1. The summed E-state index contributed by atoms with van der Waals surface area (Å²) in [6.45, 7) is 9.12. The number of phenols is 1. The third kappa shape index (κ3) is 3.40. The summed E-state index contributed by atoms with van der Waals surface area (Å²) in [6, 6.07) is 12.5. The Morgan fingerprint density at radius 3 is 2.35 bits per heavy atom. The van der Waals surface area contributed by atoms with Crippen LogP contribution in [0.1, 0.15) is 40.8 Å². The monoisotopic (exact) mass is 269 g/mol. The van der Waals surface area contributed by atoms with Crippen LogP contribution >= 0.6 is 0 Å². The van der Waals surface area contributed by atoms with Gasteiger partial charge in [-0.05, 0) is 44.9 Å². The first-order chi connectivity index (χ1) is 9.47. The van der Waals surface area contributed by atoms with Crippen LogP contribution in [0.3, 0.4) is 0 Å². The van der Waals surface area contributed by atoms with Crippen molar-refractivity contribution in [2.75, 3.05) is 0 Å². The zero-order valence-electron chi connectivity index (χ0n) is 12.7. The van der Waals surface area contributed by atoms with Gasteiger partial charge >= 0.3 is 0 Å². The molecule has 2 heteroatoms. The van der Waals surface area contributed by atoms with Crippen molar-refractivity contribution in [2.45, 2.75) is 40.3 Å². The Bertz CT molecular complexity index is 604. The van der Waals surface area contributed by atoms with Crippen molar-refractivity contribution in [2.24, 2.45) is 0 Å². The summed E-state index contributed by atoms with van der Waals surface area (Å²) in [6.07, 6.45) is 0. The first-order valence-electron chi connectivity index (χ1n) is 7.06. The van der Waals surface area contributed by atoms with Crippen LogP contribution in [0, 0.1) is 20.8 Å². The highest BCUT2D eigenvalue weighted by molar-refractivity contribution is 5.36. The molecule has 0 spiro atoms. The Morgan fingerprint density at radius 2 is 1.65 bits per heavy atom. The maximum Gasteiger partial charge on any atom is 0.120 e. The number of aryl methyl sites for hydroxylation is 3. The second kappa shape index (κ2) is 6.10. The van der Waals surface area contributed by atoms with Gasteiger partial charge in [0.2, 0.25) is 0 Å². The van der Waals surface area contributed by atoms with Crippen molar-refractivity contribution in [3.05, 3.63) is 64.2 Å². The maximum atomic E-state index is 9.87. The second-order valence-electron chi connectivity index (χ2n) is 5.59. The molecule has 0 aliphatic heterocycles. The summed E-state index contributed by atoms with van der Waals surface area (Å²) >= 11 is 0. The van der Waals surface area contributed by atoms with E-state index < -0.39 is 0 Å². The number of aromatic hydroxyl groups is 1. The topological polar surface area (TPSA) is 32.3 Å². The molecule has 2 N–H and O–H groups in total. The summed E-state index contributed by atoms with van der Waals surface area (Å²) < 4.78 is 0. The lowest BCUT2D eigenvalue weighted by molar-refractivity contribution is 0.460. The molecule has 0 heterocycles. The maximum absolute atomic E-state index is 9.87. The van der Waals surface area contributed by atoms with Crippen LogP contribution in [0.25, 0.3) is 0 Å². The Labute approximate surface area is 121 Å². The van der Waals surface area contributed by atoms with E-state index in [9.17, 15) is 5.11 Å². The molecular formula is C18H23NO. The van der Waals surface area contributed by atoms with Crippen molar-refractivity contribution in [3.8, 4) is 5.75 Å². The number of benzene rings is 2. The predicted octanol–water partition coefficient (Wildman–Crippen LogP) is 4.17. The molecule has 20 heavy (non-hydrogen) atoms. The minimum atomic E-state index is 0.260. The molecule has 106 valence electrons. The Kier molecular flexibility index (Phi) is 4.46. The molecule has 0 fully saturated rings. The molecule has 0 aliphatic carbocycles. The van der Waals surface area contributed by atoms with E-state index in [1.165, 1.54) is 22.3 Å². The van der Waals surface area contributed by atoms with Crippen LogP contribution in [-0.2, 0) is 6.54 Å². The van der Waals surface area contributed by atoms with Gasteiger partial charge < -0.3 is 10.4 Å². The van der Waals surface area contributed by atoms with Crippen molar-refractivity contribution in [3.63, 3.8) is 0 Å². The SMILES string of the molecule is Cc1ccc(C(C)NCc2cc(C)ccc2O)c(C)c1. The number of hydrogen-bond donors (Lipinski definition) is 2. The highest BCUT2D eigenvalue weighted by Crippen LogP contribution is 2.22. The Balaban J connectivity index is 2.08. The van der Waals surface area contributed by atoms with E-state index in [0.29, 0.717) is 12.3 Å². The smallest absolute Gasteiger partial charge is 0.120 e. The largest absolute Gasteiger partial charge is 0.508 e. The normalized spacial score (nSPS) is 12.4. The number of rotatable bonds is 4. The zero-order chi connectivity index (χ0) is 14.7. The quantitative estimate of drug-likeness (QED) is 0.873. The first-order valence-corrected chi connectivity index (χ1v) is 7.06. The summed E-state index contributed by atoms with van der Waals surface area (Å²) in [5, 5.41) is 13.4. The molecule has 2 aromatic carbocycles. The van der Waals surface area contributed by atoms with Crippen molar-refractivity contribution in [1.29, 1.82) is 0 Å². The van der Waals surface area contributed by atoms with E-state index in [1.54, 1.807) is 6.07 Å². The minimum absolute atomic E-state index is 0.260.